The number of aromatic nitrogens is 4. The average molecular weight is 206 g/mol. The lowest BCUT2D eigenvalue weighted by atomic mass is 10.2. The zero-order valence-corrected chi connectivity index (χ0v) is 8.39. The molecule has 15 heavy (non-hydrogen) atoms. The summed E-state index contributed by atoms with van der Waals surface area (Å²) < 4.78 is 1.29. The van der Waals surface area contributed by atoms with Crippen LogP contribution >= 0.6 is 0 Å². The summed E-state index contributed by atoms with van der Waals surface area (Å²) in [6.07, 6.45) is 2.75. The third-order valence-corrected chi connectivity index (χ3v) is 2.38. The van der Waals surface area contributed by atoms with Crippen molar-refractivity contribution in [3.63, 3.8) is 0 Å². The maximum absolute atomic E-state index is 11.8. The maximum Gasteiger partial charge on any atom is 0.280 e. The largest absolute Gasteiger partial charge is 0.339 e. The number of nitrogens with one attached hydrogen (secondary N) is 1. The highest BCUT2D eigenvalue weighted by Crippen LogP contribution is 2.05. The lowest BCUT2D eigenvalue weighted by molar-refractivity contribution is -0.119. The van der Waals surface area contributed by atoms with E-state index in [1.54, 1.807) is 6.92 Å². The lowest BCUT2D eigenvalue weighted by Gasteiger charge is -2.10. The lowest BCUT2D eigenvalue weighted by Crippen LogP contribution is -2.27. The van der Waals surface area contributed by atoms with E-state index < -0.39 is 6.04 Å². The van der Waals surface area contributed by atoms with Crippen LogP contribution in [0.1, 0.15) is 19.9 Å². The van der Waals surface area contributed by atoms with Gasteiger partial charge in [-0.3, -0.25) is 14.2 Å². The molecule has 1 N–H and O–H groups in total. The summed E-state index contributed by atoms with van der Waals surface area (Å²) in [5.41, 5.74) is 0.415. The topological polar surface area (TPSA) is 80.6 Å². The number of ketones is 1. The number of carbonyl (C=O) groups excluding carboxylic acids is 1. The summed E-state index contributed by atoms with van der Waals surface area (Å²) >= 11 is 0. The molecule has 0 saturated heterocycles. The molecule has 78 valence electrons. The normalized spacial score (nSPS) is 12.9. The molecule has 0 aliphatic rings. The Kier molecular flexibility index (Phi) is 2.11. The Morgan fingerprint density at radius 2 is 2.27 bits per heavy atom. The molecule has 2 aromatic heterocycles. The van der Waals surface area contributed by atoms with E-state index in [9.17, 15) is 9.59 Å². The molecule has 2 aromatic rings. The summed E-state index contributed by atoms with van der Waals surface area (Å²) in [5, 5.41) is 0. The second-order valence-electron chi connectivity index (χ2n) is 3.34. The number of nitrogens with zero attached hydrogens (tertiary/aromatic N) is 3. The first-order valence-electron chi connectivity index (χ1n) is 4.52. The van der Waals surface area contributed by atoms with Gasteiger partial charge < -0.3 is 4.98 Å². The Labute approximate surface area is 85.0 Å². The summed E-state index contributed by atoms with van der Waals surface area (Å²) in [5.74, 6) is -0.0854. The first-order chi connectivity index (χ1) is 7.11. The zero-order chi connectivity index (χ0) is 11.0. The molecule has 6 nitrogen and oxygen atoms in total. The van der Waals surface area contributed by atoms with Crippen molar-refractivity contribution in [2.45, 2.75) is 19.9 Å². The highest BCUT2D eigenvalue weighted by atomic mass is 16.1. The predicted molar refractivity (Wildman–Crippen MR) is 53.5 cm³/mol. The van der Waals surface area contributed by atoms with Gasteiger partial charge in [-0.05, 0) is 13.8 Å². The van der Waals surface area contributed by atoms with Crippen molar-refractivity contribution >= 4 is 16.9 Å². The van der Waals surface area contributed by atoms with Crippen LogP contribution in [0.4, 0.5) is 0 Å². The first kappa shape index (κ1) is 9.57. The Hall–Kier alpha value is -1.98. The van der Waals surface area contributed by atoms with Gasteiger partial charge >= 0.3 is 0 Å². The molecule has 1 atom stereocenters. The molecule has 0 aliphatic carbocycles. The number of Topliss-reactive ketones (excluding diaryl/α,β-unsaturated/α-hetero) is 1. The van der Waals surface area contributed by atoms with Crippen molar-refractivity contribution in [3.05, 3.63) is 23.0 Å². The Morgan fingerprint density at radius 1 is 1.53 bits per heavy atom. The molecule has 0 bridgehead atoms. The predicted octanol–water partition coefficient (Wildman–Crippen LogP) is 0.270. The van der Waals surface area contributed by atoms with Gasteiger partial charge in [0.2, 0.25) is 0 Å². The molecule has 0 spiro atoms. The molecule has 1 unspecified atom stereocenters. The molecule has 0 saturated carbocycles. The molecular weight excluding hydrogens is 196 g/mol. The third-order valence-electron chi connectivity index (χ3n) is 2.38. The SMILES string of the molecule is CC(=O)C(C)n1cnc2nc[nH]c2c1=O. The number of fused-ring (bicyclic) bond motifs is 1. The van der Waals surface area contributed by atoms with E-state index in [1.807, 2.05) is 0 Å². The number of rotatable bonds is 2. The van der Waals surface area contributed by atoms with E-state index in [1.165, 1.54) is 24.1 Å². The van der Waals surface area contributed by atoms with Gasteiger partial charge in [-0.25, -0.2) is 9.97 Å². The molecule has 6 heteroatoms. The van der Waals surface area contributed by atoms with Gasteiger partial charge in [-0.2, -0.15) is 0 Å². The minimum atomic E-state index is -0.502. The van der Waals surface area contributed by atoms with Crippen LogP contribution in [0.3, 0.4) is 0 Å². The second kappa shape index (κ2) is 3.30. The number of aromatic amines is 1. The van der Waals surface area contributed by atoms with E-state index in [0.717, 1.165) is 0 Å². The fourth-order valence-electron chi connectivity index (χ4n) is 1.31. The standard InChI is InChI=1S/C9H10N4O2/c1-5(6(2)14)13-4-12-8-7(9(13)15)10-3-11-8/h3-5H,1-2H3,(H,10,11). The number of H-pyrrole nitrogens is 1. The van der Waals surface area contributed by atoms with E-state index >= 15 is 0 Å². The summed E-state index contributed by atoms with van der Waals surface area (Å²) in [4.78, 5) is 33.5. The van der Waals surface area contributed by atoms with Gasteiger partial charge in [0.15, 0.2) is 16.9 Å². The van der Waals surface area contributed by atoms with E-state index in [4.69, 9.17) is 0 Å². The van der Waals surface area contributed by atoms with Crippen molar-refractivity contribution < 1.29 is 4.79 Å². The van der Waals surface area contributed by atoms with Crippen LogP contribution in [0.5, 0.6) is 0 Å². The minimum absolute atomic E-state index is 0.0854. The highest BCUT2D eigenvalue weighted by molar-refractivity contribution is 5.80. The summed E-state index contributed by atoms with van der Waals surface area (Å²) in [6.45, 7) is 3.10. The smallest absolute Gasteiger partial charge is 0.280 e. The van der Waals surface area contributed by atoms with Crippen LogP contribution in [0.15, 0.2) is 17.4 Å². The van der Waals surface area contributed by atoms with Crippen molar-refractivity contribution in [1.82, 2.24) is 19.5 Å². The van der Waals surface area contributed by atoms with Crippen LogP contribution in [0, 0.1) is 0 Å². The van der Waals surface area contributed by atoms with Crippen molar-refractivity contribution in [3.8, 4) is 0 Å². The highest BCUT2D eigenvalue weighted by Gasteiger charge is 2.14. The van der Waals surface area contributed by atoms with E-state index in [0.29, 0.717) is 11.2 Å². The van der Waals surface area contributed by atoms with Crippen LogP contribution in [0.25, 0.3) is 11.2 Å². The van der Waals surface area contributed by atoms with Crippen LogP contribution in [0.2, 0.25) is 0 Å². The molecule has 0 aromatic carbocycles. The third kappa shape index (κ3) is 1.43. The molecule has 0 radical (unpaired) electrons. The van der Waals surface area contributed by atoms with Crippen LogP contribution in [-0.2, 0) is 4.79 Å². The number of hydrogen-bond donors (Lipinski definition) is 1. The quantitative estimate of drug-likeness (QED) is 0.764. The van der Waals surface area contributed by atoms with Gasteiger partial charge in [0.1, 0.15) is 6.33 Å². The number of hydrogen-bond acceptors (Lipinski definition) is 4. The van der Waals surface area contributed by atoms with E-state index in [2.05, 4.69) is 15.0 Å². The van der Waals surface area contributed by atoms with Gasteiger partial charge in [-0.1, -0.05) is 0 Å². The Morgan fingerprint density at radius 3 is 2.93 bits per heavy atom. The fraction of sp³-hybridized carbons (Fsp3) is 0.333. The molecule has 2 rings (SSSR count). The number of carbonyl (C=O) groups is 1. The zero-order valence-electron chi connectivity index (χ0n) is 8.39. The molecule has 0 fully saturated rings. The van der Waals surface area contributed by atoms with Gasteiger partial charge in [0.25, 0.3) is 5.56 Å². The van der Waals surface area contributed by atoms with Gasteiger partial charge in [0.05, 0.1) is 12.4 Å². The average Bonchev–Trinajstić information content (AvgIpc) is 2.66. The first-order valence-corrected chi connectivity index (χ1v) is 4.52. The van der Waals surface area contributed by atoms with Crippen LogP contribution in [-0.4, -0.2) is 25.3 Å². The van der Waals surface area contributed by atoms with E-state index in [-0.39, 0.29) is 11.3 Å². The monoisotopic (exact) mass is 206 g/mol. The molecule has 0 aliphatic heterocycles. The minimum Gasteiger partial charge on any atom is -0.339 e. The van der Waals surface area contributed by atoms with Crippen LogP contribution < -0.4 is 5.56 Å². The molecular formula is C9H10N4O2. The summed E-state index contributed by atoms with van der Waals surface area (Å²) in [6, 6.07) is -0.502. The van der Waals surface area contributed by atoms with Crippen molar-refractivity contribution in [1.29, 1.82) is 0 Å². The number of imidazole rings is 1. The van der Waals surface area contributed by atoms with Crippen molar-refractivity contribution in [2.24, 2.45) is 0 Å². The maximum atomic E-state index is 11.8. The Balaban J connectivity index is 2.67. The van der Waals surface area contributed by atoms with Crippen molar-refractivity contribution in [2.75, 3.05) is 0 Å². The fourth-order valence-corrected chi connectivity index (χ4v) is 1.31. The molecule has 2 heterocycles. The molecule has 0 amide bonds. The van der Waals surface area contributed by atoms with Gasteiger partial charge in [-0.15, -0.1) is 0 Å². The Bertz CT molecular complexity index is 569. The van der Waals surface area contributed by atoms with Gasteiger partial charge in [0, 0.05) is 0 Å². The second-order valence-corrected chi connectivity index (χ2v) is 3.34. The summed E-state index contributed by atoms with van der Waals surface area (Å²) in [7, 11) is 0.